The molecule has 2 aromatic carbocycles. The summed E-state index contributed by atoms with van der Waals surface area (Å²) in [4.78, 5) is 14.2. The molecule has 2 aromatic rings. The Morgan fingerprint density at radius 3 is 2.18 bits per heavy atom. The van der Waals surface area contributed by atoms with E-state index in [1.807, 2.05) is 74.8 Å². The van der Waals surface area contributed by atoms with Gasteiger partial charge in [-0.15, -0.1) is 0 Å². The Bertz CT molecular complexity index is 569. The molecule has 0 bridgehead atoms. The monoisotopic (exact) mass is 297 g/mol. The fraction of sp³-hybridized carbons (Fsp3) is 0.278. The first kappa shape index (κ1) is 16.0. The van der Waals surface area contributed by atoms with Gasteiger partial charge < -0.3 is 15.5 Å². The number of amides is 2. The summed E-state index contributed by atoms with van der Waals surface area (Å²) in [5, 5.41) is 5.95. The summed E-state index contributed by atoms with van der Waals surface area (Å²) in [5.74, 6) is 0. The van der Waals surface area contributed by atoms with Gasteiger partial charge in [-0.1, -0.05) is 60.7 Å². The number of urea groups is 1. The highest BCUT2D eigenvalue weighted by atomic mass is 16.2. The van der Waals surface area contributed by atoms with E-state index in [1.54, 1.807) is 0 Å². The molecular formula is C18H23N3O. The quantitative estimate of drug-likeness (QED) is 0.861. The lowest BCUT2D eigenvalue weighted by molar-refractivity contribution is 0.232. The van der Waals surface area contributed by atoms with E-state index < -0.39 is 0 Å². The van der Waals surface area contributed by atoms with Crippen LogP contribution in [0.2, 0.25) is 0 Å². The molecule has 0 spiro atoms. The molecule has 2 rings (SSSR count). The molecule has 4 nitrogen and oxygen atoms in total. The van der Waals surface area contributed by atoms with E-state index in [-0.39, 0.29) is 12.1 Å². The van der Waals surface area contributed by atoms with Crippen LogP contribution >= 0.6 is 0 Å². The Labute approximate surface area is 132 Å². The van der Waals surface area contributed by atoms with Crippen LogP contribution < -0.4 is 10.6 Å². The summed E-state index contributed by atoms with van der Waals surface area (Å²) in [6.45, 7) is 1.28. The third-order valence-corrected chi connectivity index (χ3v) is 3.35. The fourth-order valence-electron chi connectivity index (χ4n) is 2.27. The van der Waals surface area contributed by atoms with Crippen molar-refractivity contribution in [2.75, 3.05) is 20.6 Å². The van der Waals surface area contributed by atoms with Crippen molar-refractivity contribution in [1.82, 2.24) is 15.5 Å². The second kappa shape index (κ2) is 8.20. The number of benzene rings is 2. The Kier molecular flexibility index (Phi) is 5.98. The van der Waals surface area contributed by atoms with Crippen LogP contribution in [0.5, 0.6) is 0 Å². The van der Waals surface area contributed by atoms with Gasteiger partial charge in [-0.05, 0) is 25.2 Å². The van der Waals surface area contributed by atoms with Crippen LogP contribution in [0.1, 0.15) is 17.2 Å². The van der Waals surface area contributed by atoms with Gasteiger partial charge in [-0.3, -0.25) is 0 Å². The number of rotatable bonds is 6. The fourth-order valence-corrected chi connectivity index (χ4v) is 2.27. The van der Waals surface area contributed by atoms with Crippen LogP contribution in [0.25, 0.3) is 0 Å². The van der Waals surface area contributed by atoms with Gasteiger partial charge in [0, 0.05) is 13.1 Å². The van der Waals surface area contributed by atoms with Gasteiger partial charge in [0.05, 0.1) is 6.04 Å². The van der Waals surface area contributed by atoms with Crippen molar-refractivity contribution >= 4 is 6.03 Å². The van der Waals surface area contributed by atoms with Gasteiger partial charge in [0.1, 0.15) is 0 Å². The molecule has 1 unspecified atom stereocenters. The van der Waals surface area contributed by atoms with E-state index in [2.05, 4.69) is 15.5 Å². The van der Waals surface area contributed by atoms with E-state index in [0.717, 1.165) is 17.7 Å². The van der Waals surface area contributed by atoms with E-state index in [9.17, 15) is 4.79 Å². The van der Waals surface area contributed by atoms with Crippen LogP contribution in [0.4, 0.5) is 4.79 Å². The first-order chi connectivity index (χ1) is 10.6. The minimum Gasteiger partial charge on any atom is -0.334 e. The topological polar surface area (TPSA) is 44.4 Å². The Balaban J connectivity index is 1.93. The maximum Gasteiger partial charge on any atom is 0.315 e. The molecule has 0 fully saturated rings. The average molecular weight is 297 g/mol. The van der Waals surface area contributed by atoms with E-state index in [1.165, 1.54) is 0 Å². The maximum atomic E-state index is 12.1. The van der Waals surface area contributed by atoms with Gasteiger partial charge >= 0.3 is 6.03 Å². The van der Waals surface area contributed by atoms with Crippen molar-refractivity contribution in [3.8, 4) is 0 Å². The number of carbonyl (C=O) groups is 1. The Morgan fingerprint density at radius 1 is 1.00 bits per heavy atom. The Morgan fingerprint density at radius 2 is 1.59 bits per heavy atom. The molecule has 2 amide bonds. The SMILES string of the molecule is CN(C)CC(NC(=O)NCc1ccccc1)c1ccccc1. The number of hydrogen-bond donors (Lipinski definition) is 2. The van der Waals surface area contributed by atoms with Crippen molar-refractivity contribution in [1.29, 1.82) is 0 Å². The molecule has 0 saturated carbocycles. The molecule has 0 aliphatic carbocycles. The van der Waals surface area contributed by atoms with E-state index >= 15 is 0 Å². The van der Waals surface area contributed by atoms with Crippen molar-refractivity contribution in [3.63, 3.8) is 0 Å². The third kappa shape index (κ3) is 5.22. The number of likely N-dealkylation sites (N-methyl/N-ethyl adjacent to an activating group) is 1. The van der Waals surface area contributed by atoms with Crippen molar-refractivity contribution in [2.24, 2.45) is 0 Å². The molecule has 0 aromatic heterocycles. The molecule has 22 heavy (non-hydrogen) atoms. The second-order valence-electron chi connectivity index (χ2n) is 5.54. The van der Waals surface area contributed by atoms with Crippen LogP contribution in [0.3, 0.4) is 0 Å². The molecule has 0 saturated heterocycles. The minimum atomic E-state index is -0.153. The second-order valence-corrected chi connectivity index (χ2v) is 5.54. The van der Waals surface area contributed by atoms with Gasteiger partial charge in [0.25, 0.3) is 0 Å². The van der Waals surface area contributed by atoms with Gasteiger partial charge in [0.15, 0.2) is 0 Å². The average Bonchev–Trinajstić information content (AvgIpc) is 2.54. The lowest BCUT2D eigenvalue weighted by atomic mass is 10.1. The predicted octanol–water partition coefficient (Wildman–Crippen LogP) is 2.79. The number of nitrogens with zero attached hydrogens (tertiary/aromatic N) is 1. The van der Waals surface area contributed by atoms with Crippen molar-refractivity contribution in [2.45, 2.75) is 12.6 Å². The summed E-state index contributed by atoms with van der Waals surface area (Å²) in [7, 11) is 4.00. The summed E-state index contributed by atoms with van der Waals surface area (Å²) in [6.07, 6.45) is 0. The first-order valence-corrected chi connectivity index (χ1v) is 7.43. The number of carbonyl (C=O) groups excluding carboxylic acids is 1. The smallest absolute Gasteiger partial charge is 0.315 e. The summed E-state index contributed by atoms with van der Waals surface area (Å²) in [5.41, 5.74) is 2.19. The highest BCUT2D eigenvalue weighted by molar-refractivity contribution is 5.74. The number of hydrogen-bond acceptors (Lipinski definition) is 2. The molecule has 0 aliphatic heterocycles. The van der Waals surface area contributed by atoms with Gasteiger partial charge in [-0.2, -0.15) is 0 Å². The van der Waals surface area contributed by atoms with Crippen LogP contribution in [0.15, 0.2) is 60.7 Å². The molecule has 116 valence electrons. The molecule has 0 aliphatic rings. The largest absolute Gasteiger partial charge is 0.334 e. The van der Waals surface area contributed by atoms with E-state index in [4.69, 9.17) is 0 Å². The highest BCUT2D eigenvalue weighted by Gasteiger charge is 2.15. The molecule has 0 radical (unpaired) electrons. The molecule has 0 heterocycles. The van der Waals surface area contributed by atoms with Crippen molar-refractivity contribution in [3.05, 3.63) is 71.8 Å². The zero-order chi connectivity index (χ0) is 15.8. The molecule has 1 atom stereocenters. The number of nitrogens with one attached hydrogen (secondary N) is 2. The first-order valence-electron chi connectivity index (χ1n) is 7.43. The summed E-state index contributed by atoms with van der Waals surface area (Å²) in [6, 6.07) is 19.7. The predicted molar refractivity (Wildman–Crippen MR) is 89.6 cm³/mol. The van der Waals surface area contributed by atoms with Crippen LogP contribution in [-0.2, 0) is 6.54 Å². The molecule has 2 N–H and O–H groups in total. The van der Waals surface area contributed by atoms with Gasteiger partial charge in [-0.25, -0.2) is 4.79 Å². The van der Waals surface area contributed by atoms with Crippen molar-refractivity contribution < 1.29 is 4.79 Å². The zero-order valence-corrected chi connectivity index (χ0v) is 13.1. The summed E-state index contributed by atoms with van der Waals surface area (Å²) < 4.78 is 0. The lowest BCUT2D eigenvalue weighted by Gasteiger charge is -2.23. The standard InChI is InChI=1S/C18H23N3O/c1-21(2)14-17(16-11-7-4-8-12-16)20-18(22)19-13-15-9-5-3-6-10-15/h3-12,17H,13-14H2,1-2H3,(H2,19,20,22). The minimum absolute atomic E-state index is 0.0352. The zero-order valence-electron chi connectivity index (χ0n) is 13.1. The van der Waals surface area contributed by atoms with Gasteiger partial charge in [0.2, 0.25) is 0 Å². The molecule has 4 heteroatoms. The van der Waals surface area contributed by atoms with Crippen LogP contribution in [-0.4, -0.2) is 31.6 Å². The Hall–Kier alpha value is -2.33. The molecular weight excluding hydrogens is 274 g/mol. The normalized spacial score (nSPS) is 12.0. The lowest BCUT2D eigenvalue weighted by Crippen LogP contribution is -2.41. The van der Waals surface area contributed by atoms with Crippen LogP contribution in [0, 0.1) is 0 Å². The highest BCUT2D eigenvalue weighted by Crippen LogP contribution is 2.13. The summed E-state index contributed by atoms with van der Waals surface area (Å²) >= 11 is 0. The van der Waals surface area contributed by atoms with E-state index in [0.29, 0.717) is 6.54 Å². The maximum absolute atomic E-state index is 12.1. The third-order valence-electron chi connectivity index (χ3n) is 3.35.